The van der Waals surface area contributed by atoms with E-state index in [9.17, 15) is 14.7 Å². The van der Waals surface area contributed by atoms with Gasteiger partial charge in [-0.05, 0) is 49.9 Å². The molecule has 1 aromatic carbocycles. The van der Waals surface area contributed by atoms with Crippen molar-refractivity contribution in [1.29, 1.82) is 0 Å². The highest BCUT2D eigenvalue weighted by Crippen LogP contribution is 2.29. The number of hydrogen-bond donors (Lipinski definition) is 2. The molecule has 0 saturated heterocycles. The van der Waals surface area contributed by atoms with Gasteiger partial charge in [0.2, 0.25) is 0 Å². The molecule has 126 valence electrons. The Morgan fingerprint density at radius 1 is 1.30 bits per heavy atom. The fourth-order valence-corrected chi connectivity index (χ4v) is 3.19. The van der Waals surface area contributed by atoms with Crippen LogP contribution in [-0.4, -0.2) is 29.6 Å². The third kappa shape index (κ3) is 5.23. The molecule has 6 heteroatoms. The summed E-state index contributed by atoms with van der Waals surface area (Å²) in [6, 6.07) is 7.27. The zero-order valence-electron chi connectivity index (χ0n) is 13.1. The SMILES string of the molecule is CC(Oc1ccc(Br)cc1)C(=O)NC[C@@H]1CCCC[C@@H]1C(=O)O. The summed E-state index contributed by atoms with van der Waals surface area (Å²) in [5.74, 6) is -0.709. The lowest BCUT2D eigenvalue weighted by molar-refractivity contribution is -0.145. The van der Waals surface area contributed by atoms with Gasteiger partial charge in [0, 0.05) is 11.0 Å². The molecule has 0 aromatic heterocycles. The van der Waals surface area contributed by atoms with Crippen LogP contribution in [0.5, 0.6) is 5.75 Å². The van der Waals surface area contributed by atoms with Crippen molar-refractivity contribution in [1.82, 2.24) is 5.32 Å². The molecule has 2 rings (SSSR count). The molecule has 1 aliphatic carbocycles. The quantitative estimate of drug-likeness (QED) is 0.790. The Labute approximate surface area is 144 Å². The van der Waals surface area contributed by atoms with Gasteiger partial charge in [-0.25, -0.2) is 0 Å². The lowest BCUT2D eigenvalue weighted by atomic mass is 9.79. The Hall–Kier alpha value is -1.56. The van der Waals surface area contributed by atoms with Crippen LogP contribution in [0.1, 0.15) is 32.6 Å². The summed E-state index contributed by atoms with van der Waals surface area (Å²) < 4.78 is 6.54. The van der Waals surface area contributed by atoms with Gasteiger partial charge >= 0.3 is 5.97 Å². The van der Waals surface area contributed by atoms with Gasteiger partial charge < -0.3 is 15.2 Å². The molecular formula is C17H22BrNO4. The van der Waals surface area contributed by atoms with E-state index in [0.29, 0.717) is 18.7 Å². The van der Waals surface area contributed by atoms with Crippen molar-refractivity contribution >= 4 is 27.8 Å². The fourth-order valence-electron chi connectivity index (χ4n) is 2.92. The molecule has 1 saturated carbocycles. The molecule has 5 nitrogen and oxygen atoms in total. The number of halogens is 1. The highest BCUT2D eigenvalue weighted by molar-refractivity contribution is 9.10. The standard InChI is InChI=1S/C17H22BrNO4/c1-11(23-14-8-6-13(18)7-9-14)16(20)19-10-12-4-2-3-5-15(12)17(21)22/h6-9,11-12,15H,2-5,10H2,1H3,(H,19,20)(H,21,22)/t11?,12-,15-/m0/s1. The third-order valence-corrected chi connectivity index (χ3v) is 4.79. The molecule has 3 atom stereocenters. The van der Waals surface area contributed by atoms with E-state index >= 15 is 0 Å². The third-order valence-electron chi connectivity index (χ3n) is 4.26. The van der Waals surface area contributed by atoms with Crippen LogP contribution >= 0.6 is 15.9 Å². The number of benzene rings is 1. The predicted octanol–water partition coefficient (Wildman–Crippen LogP) is 3.22. The summed E-state index contributed by atoms with van der Waals surface area (Å²) >= 11 is 3.34. The number of rotatable bonds is 6. The first-order valence-corrected chi connectivity index (χ1v) is 8.69. The molecule has 1 fully saturated rings. The van der Waals surface area contributed by atoms with Gasteiger partial charge in [0.25, 0.3) is 5.91 Å². The van der Waals surface area contributed by atoms with Crippen molar-refractivity contribution in [2.75, 3.05) is 6.54 Å². The van der Waals surface area contributed by atoms with E-state index < -0.39 is 12.1 Å². The van der Waals surface area contributed by atoms with Crippen LogP contribution in [0.15, 0.2) is 28.7 Å². The minimum atomic E-state index is -0.761. The van der Waals surface area contributed by atoms with Crippen LogP contribution in [-0.2, 0) is 9.59 Å². The van der Waals surface area contributed by atoms with Gasteiger partial charge in [-0.1, -0.05) is 28.8 Å². The summed E-state index contributed by atoms with van der Waals surface area (Å²) in [7, 11) is 0. The van der Waals surface area contributed by atoms with E-state index in [1.165, 1.54) is 0 Å². The van der Waals surface area contributed by atoms with E-state index in [2.05, 4.69) is 21.2 Å². The average Bonchev–Trinajstić information content (AvgIpc) is 2.54. The number of carbonyl (C=O) groups excluding carboxylic acids is 1. The smallest absolute Gasteiger partial charge is 0.306 e. The van der Waals surface area contributed by atoms with Crippen LogP contribution in [0.4, 0.5) is 0 Å². The molecule has 0 bridgehead atoms. The topological polar surface area (TPSA) is 75.6 Å². The Morgan fingerprint density at radius 2 is 1.96 bits per heavy atom. The number of carboxylic acid groups (broad SMARTS) is 1. The molecule has 0 radical (unpaired) electrons. The lowest BCUT2D eigenvalue weighted by Crippen LogP contribution is -2.42. The number of hydrogen-bond acceptors (Lipinski definition) is 3. The van der Waals surface area contributed by atoms with E-state index in [1.54, 1.807) is 19.1 Å². The second-order valence-corrected chi connectivity index (χ2v) is 6.86. The van der Waals surface area contributed by atoms with Crippen LogP contribution in [0, 0.1) is 11.8 Å². The Morgan fingerprint density at radius 3 is 2.61 bits per heavy atom. The van der Waals surface area contributed by atoms with E-state index in [0.717, 1.165) is 23.7 Å². The van der Waals surface area contributed by atoms with Crippen LogP contribution < -0.4 is 10.1 Å². The number of carbonyl (C=O) groups is 2. The Bertz CT molecular complexity index is 546. The molecular weight excluding hydrogens is 362 g/mol. The van der Waals surface area contributed by atoms with Crippen molar-refractivity contribution < 1.29 is 19.4 Å². The second kappa shape index (κ2) is 8.34. The molecule has 1 aliphatic rings. The number of aliphatic carboxylic acids is 1. The summed E-state index contributed by atoms with van der Waals surface area (Å²) in [5, 5.41) is 12.1. The van der Waals surface area contributed by atoms with Gasteiger partial charge in [-0.15, -0.1) is 0 Å². The first-order valence-electron chi connectivity index (χ1n) is 7.90. The molecule has 1 unspecified atom stereocenters. The van der Waals surface area contributed by atoms with Gasteiger partial charge in [-0.2, -0.15) is 0 Å². The maximum atomic E-state index is 12.1. The van der Waals surface area contributed by atoms with E-state index in [4.69, 9.17) is 4.74 Å². The number of nitrogens with one attached hydrogen (secondary N) is 1. The fraction of sp³-hybridized carbons (Fsp3) is 0.529. The Kier molecular flexibility index (Phi) is 6.45. The van der Waals surface area contributed by atoms with Crippen molar-refractivity contribution in [3.8, 4) is 5.75 Å². The van der Waals surface area contributed by atoms with E-state index in [1.807, 2.05) is 12.1 Å². The molecule has 0 spiro atoms. The molecule has 23 heavy (non-hydrogen) atoms. The van der Waals surface area contributed by atoms with E-state index in [-0.39, 0.29) is 17.7 Å². The first kappa shape index (κ1) is 17.8. The van der Waals surface area contributed by atoms with Gasteiger partial charge in [0.1, 0.15) is 5.75 Å². The molecule has 1 aromatic rings. The maximum Gasteiger partial charge on any atom is 0.306 e. The predicted molar refractivity (Wildman–Crippen MR) is 90.3 cm³/mol. The van der Waals surface area contributed by atoms with Crippen LogP contribution in [0.2, 0.25) is 0 Å². The first-order chi connectivity index (χ1) is 11.0. The van der Waals surface area contributed by atoms with Gasteiger partial charge in [-0.3, -0.25) is 9.59 Å². The minimum Gasteiger partial charge on any atom is -0.481 e. The zero-order chi connectivity index (χ0) is 16.8. The summed E-state index contributed by atoms with van der Waals surface area (Å²) in [4.78, 5) is 23.4. The highest BCUT2D eigenvalue weighted by Gasteiger charge is 2.31. The maximum absolute atomic E-state index is 12.1. The second-order valence-electron chi connectivity index (χ2n) is 5.95. The summed E-state index contributed by atoms with van der Waals surface area (Å²) in [5.41, 5.74) is 0. The van der Waals surface area contributed by atoms with Crippen molar-refractivity contribution in [3.05, 3.63) is 28.7 Å². The summed E-state index contributed by atoms with van der Waals surface area (Å²) in [6.07, 6.45) is 2.89. The minimum absolute atomic E-state index is 0.00470. The van der Waals surface area contributed by atoms with Gasteiger partial charge in [0.15, 0.2) is 6.10 Å². The largest absolute Gasteiger partial charge is 0.481 e. The highest BCUT2D eigenvalue weighted by atomic mass is 79.9. The van der Waals surface area contributed by atoms with Crippen molar-refractivity contribution in [2.24, 2.45) is 11.8 Å². The number of ether oxygens (including phenoxy) is 1. The monoisotopic (exact) mass is 383 g/mol. The number of amides is 1. The van der Waals surface area contributed by atoms with Crippen molar-refractivity contribution in [2.45, 2.75) is 38.7 Å². The molecule has 2 N–H and O–H groups in total. The molecule has 1 amide bonds. The van der Waals surface area contributed by atoms with Crippen LogP contribution in [0.3, 0.4) is 0 Å². The zero-order valence-corrected chi connectivity index (χ0v) is 14.7. The molecule has 0 heterocycles. The van der Waals surface area contributed by atoms with Crippen LogP contribution in [0.25, 0.3) is 0 Å². The van der Waals surface area contributed by atoms with Crippen molar-refractivity contribution in [3.63, 3.8) is 0 Å². The lowest BCUT2D eigenvalue weighted by Gasteiger charge is -2.29. The van der Waals surface area contributed by atoms with Gasteiger partial charge in [0.05, 0.1) is 5.92 Å². The normalized spacial score (nSPS) is 22.2. The number of carboxylic acids is 1. The average molecular weight is 384 g/mol. The summed E-state index contributed by atoms with van der Waals surface area (Å²) in [6.45, 7) is 2.08. The molecule has 0 aliphatic heterocycles. The Balaban J connectivity index is 1.83.